The van der Waals surface area contributed by atoms with Crippen molar-refractivity contribution in [2.24, 2.45) is 0 Å². The van der Waals surface area contributed by atoms with Crippen LogP contribution < -0.4 is 0 Å². The average molecular weight is 691 g/mol. The maximum Gasteiger partial charge on any atom is 0.0406 e. The van der Waals surface area contributed by atoms with Crippen LogP contribution in [0.4, 0.5) is 0 Å². The Bertz CT molecular complexity index is 829. The Morgan fingerprint density at radius 1 is 0.415 bits per heavy atom. The Hall–Kier alpha value is 0.0200. The van der Waals surface area contributed by atoms with E-state index in [0.29, 0.717) is 0 Å². The number of hydrogen-bond donors (Lipinski definition) is 0. The first kappa shape index (κ1) is 41.0. The van der Waals surface area contributed by atoms with Crippen molar-refractivity contribution in [1.29, 1.82) is 0 Å². The lowest BCUT2D eigenvalue weighted by molar-refractivity contribution is 0.222. The van der Waals surface area contributed by atoms with Crippen LogP contribution in [0.2, 0.25) is 10.0 Å². The summed E-state index contributed by atoms with van der Waals surface area (Å²) in [6.07, 6.45) is 8.65. The maximum absolute atomic E-state index is 6.01. The summed E-state index contributed by atoms with van der Waals surface area (Å²) in [5, 5.41) is 1.66. The molecule has 0 saturated carbocycles. The number of aryl methyl sites for hydroxylation is 2. The van der Waals surface area contributed by atoms with Crippen LogP contribution in [0, 0.1) is 0 Å². The van der Waals surface area contributed by atoms with Gasteiger partial charge in [-0.05, 0) is 133 Å². The predicted octanol–water partition coefficient (Wildman–Crippen LogP) is 7.65. The first-order valence-electron chi connectivity index (χ1n) is 14.5. The first-order valence-corrected chi connectivity index (χ1v) is 15.3. The largest absolute Gasteiger partial charge is 0.302 e. The highest BCUT2D eigenvalue weighted by atomic mass is 35.5. The molecule has 236 valence electrons. The van der Waals surface area contributed by atoms with Gasteiger partial charge in [-0.2, -0.15) is 0 Å². The van der Waals surface area contributed by atoms with Crippen molar-refractivity contribution in [1.82, 2.24) is 19.6 Å². The normalized spacial score (nSPS) is 17.2. The molecule has 10 heteroatoms. The Morgan fingerprint density at radius 3 is 1.02 bits per heavy atom. The summed E-state index contributed by atoms with van der Waals surface area (Å²) in [5.74, 6) is 0. The Kier molecular flexibility index (Phi) is 23.4. The summed E-state index contributed by atoms with van der Waals surface area (Å²) < 4.78 is 0. The molecular formula is C31H50Cl6N4. The third kappa shape index (κ3) is 16.1. The van der Waals surface area contributed by atoms with Crippen LogP contribution in [-0.2, 0) is 12.8 Å². The van der Waals surface area contributed by atoms with E-state index in [0.717, 1.165) is 22.9 Å². The number of benzene rings is 2. The second kappa shape index (κ2) is 23.4. The topological polar surface area (TPSA) is 13.0 Å². The molecular weight excluding hydrogens is 641 g/mol. The molecule has 41 heavy (non-hydrogen) atoms. The molecule has 0 amide bonds. The second-order valence-corrected chi connectivity index (χ2v) is 11.8. The molecule has 0 aliphatic carbocycles. The van der Waals surface area contributed by atoms with E-state index >= 15 is 0 Å². The summed E-state index contributed by atoms with van der Waals surface area (Å²) in [5.41, 5.74) is 2.80. The smallest absolute Gasteiger partial charge is 0.0406 e. The van der Waals surface area contributed by atoms with E-state index in [1.165, 1.54) is 122 Å². The lowest BCUT2D eigenvalue weighted by Gasteiger charge is -2.24. The van der Waals surface area contributed by atoms with Gasteiger partial charge in [-0.15, -0.1) is 49.6 Å². The monoisotopic (exact) mass is 688 g/mol. The van der Waals surface area contributed by atoms with E-state index in [4.69, 9.17) is 23.2 Å². The molecule has 0 spiro atoms. The zero-order valence-corrected chi connectivity index (χ0v) is 29.0. The van der Waals surface area contributed by atoms with Crippen LogP contribution in [0.1, 0.15) is 43.2 Å². The van der Waals surface area contributed by atoms with Gasteiger partial charge < -0.3 is 19.6 Å². The second-order valence-electron chi connectivity index (χ2n) is 10.9. The van der Waals surface area contributed by atoms with E-state index in [-0.39, 0.29) is 49.6 Å². The molecule has 2 aromatic rings. The zero-order chi connectivity index (χ0) is 25.7. The zero-order valence-electron chi connectivity index (χ0n) is 24.2. The molecule has 0 radical (unpaired) electrons. The van der Waals surface area contributed by atoms with Crippen LogP contribution in [0.3, 0.4) is 0 Å². The molecule has 0 atom stereocenters. The van der Waals surface area contributed by atoms with E-state index in [1.807, 2.05) is 24.3 Å². The minimum absolute atomic E-state index is 0. The van der Waals surface area contributed by atoms with Crippen molar-refractivity contribution < 1.29 is 0 Å². The summed E-state index contributed by atoms with van der Waals surface area (Å²) in [7, 11) is 0. The van der Waals surface area contributed by atoms with E-state index in [2.05, 4.69) is 43.9 Å². The molecule has 2 heterocycles. The molecule has 4 rings (SSSR count). The van der Waals surface area contributed by atoms with Crippen LogP contribution in [-0.4, -0.2) is 98.1 Å². The first-order chi connectivity index (χ1) is 18.1. The van der Waals surface area contributed by atoms with Gasteiger partial charge in [0.1, 0.15) is 0 Å². The van der Waals surface area contributed by atoms with Crippen LogP contribution >= 0.6 is 72.8 Å². The number of hydrogen-bond acceptors (Lipinski definition) is 4. The van der Waals surface area contributed by atoms with Gasteiger partial charge in [0.05, 0.1) is 0 Å². The van der Waals surface area contributed by atoms with Crippen molar-refractivity contribution in [2.45, 2.75) is 44.9 Å². The van der Waals surface area contributed by atoms with Gasteiger partial charge >= 0.3 is 0 Å². The summed E-state index contributed by atoms with van der Waals surface area (Å²) >= 11 is 12.0. The number of rotatable bonds is 12. The highest BCUT2D eigenvalue weighted by Gasteiger charge is 2.17. The van der Waals surface area contributed by atoms with Crippen LogP contribution in [0.5, 0.6) is 0 Å². The Morgan fingerprint density at radius 2 is 0.707 bits per heavy atom. The summed E-state index contributed by atoms with van der Waals surface area (Å²) in [6, 6.07) is 16.7. The minimum atomic E-state index is 0. The fourth-order valence-corrected chi connectivity index (χ4v) is 6.03. The van der Waals surface area contributed by atoms with Gasteiger partial charge in [0.15, 0.2) is 0 Å². The molecule has 2 aliphatic rings. The van der Waals surface area contributed by atoms with E-state index in [9.17, 15) is 0 Å². The van der Waals surface area contributed by atoms with Gasteiger partial charge in [-0.1, -0.05) is 47.5 Å². The molecule has 0 N–H and O–H groups in total. The highest BCUT2D eigenvalue weighted by Crippen LogP contribution is 2.14. The molecule has 2 aromatic carbocycles. The van der Waals surface area contributed by atoms with Crippen molar-refractivity contribution in [3.8, 4) is 0 Å². The molecule has 4 nitrogen and oxygen atoms in total. The Balaban J connectivity index is 0.00000400. The predicted molar refractivity (Wildman–Crippen MR) is 188 cm³/mol. The van der Waals surface area contributed by atoms with E-state index < -0.39 is 0 Å². The fourth-order valence-electron chi connectivity index (χ4n) is 5.78. The average Bonchev–Trinajstić information content (AvgIpc) is 3.27. The molecule has 0 bridgehead atoms. The van der Waals surface area contributed by atoms with Crippen LogP contribution in [0.15, 0.2) is 48.5 Å². The van der Waals surface area contributed by atoms with E-state index in [1.54, 1.807) is 0 Å². The third-order valence-electron chi connectivity index (χ3n) is 8.02. The number of nitrogens with zero attached hydrogens (tertiary/aromatic N) is 4. The van der Waals surface area contributed by atoms with Crippen molar-refractivity contribution in [2.75, 3.05) is 78.5 Å². The quantitative estimate of drug-likeness (QED) is 0.227. The van der Waals surface area contributed by atoms with Gasteiger partial charge in [-0.3, -0.25) is 0 Å². The SMILES string of the molecule is Cl.Cl.Cl.Cl.Clc1ccc(CCCN2CCCN(CCCN3CCCN(CCCc4ccc(Cl)cc4)CC3)CC2)cc1. The lowest BCUT2D eigenvalue weighted by Crippen LogP contribution is -2.35. The van der Waals surface area contributed by atoms with Crippen molar-refractivity contribution in [3.63, 3.8) is 0 Å². The van der Waals surface area contributed by atoms with Gasteiger partial charge in [0.2, 0.25) is 0 Å². The van der Waals surface area contributed by atoms with Gasteiger partial charge in [0, 0.05) is 36.2 Å². The number of halogens is 6. The molecule has 0 aromatic heterocycles. The Labute approximate surface area is 284 Å². The molecule has 0 unspecified atom stereocenters. The summed E-state index contributed by atoms with van der Waals surface area (Å²) in [6.45, 7) is 14.8. The molecule has 2 saturated heterocycles. The van der Waals surface area contributed by atoms with Crippen molar-refractivity contribution in [3.05, 3.63) is 69.7 Å². The standard InChI is InChI=1S/C31H46Cl2N4.4ClH/c32-30-12-8-28(9-13-30)6-1-16-34-18-3-20-36(26-24-34)22-5-23-37-21-4-19-35(25-27-37)17-2-7-29-10-14-31(33)15-11-29;;;;/h8-15H,1-7,16-27H2;4*1H. The van der Waals surface area contributed by atoms with Crippen LogP contribution in [0.25, 0.3) is 0 Å². The minimum Gasteiger partial charge on any atom is -0.302 e. The van der Waals surface area contributed by atoms with Crippen molar-refractivity contribution >= 4 is 72.8 Å². The maximum atomic E-state index is 6.01. The fraction of sp³-hybridized carbons (Fsp3) is 0.613. The lowest BCUT2D eigenvalue weighted by atomic mass is 10.1. The summed E-state index contributed by atoms with van der Waals surface area (Å²) in [4.78, 5) is 10.8. The van der Waals surface area contributed by atoms with Gasteiger partial charge in [-0.25, -0.2) is 0 Å². The molecule has 2 fully saturated rings. The van der Waals surface area contributed by atoms with Gasteiger partial charge in [0.25, 0.3) is 0 Å². The molecule has 2 aliphatic heterocycles. The third-order valence-corrected chi connectivity index (χ3v) is 8.52. The highest BCUT2D eigenvalue weighted by molar-refractivity contribution is 6.30.